The molecule has 2 aromatic heterocycles. The van der Waals surface area contributed by atoms with E-state index >= 15 is 0 Å². The molecule has 1 unspecified atom stereocenters. The Morgan fingerprint density at radius 1 is 1.26 bits per heavy atom. The van der Waals surface area contributed by atoms with E-state index < -0.39 is 12.1 Å². The number of aliphatic hydroxyl groups excluding tert-OH is 1. The topological polar surface area (TPSA) is 94.1 Å². The summed E-state index contributed by atoms with van der Waals surface area (Å²) in [6.07, 6.45) is 10.9. The molecule has 0 radical (unpaired) electrons. The molecule has 3 N–H and O–H groups in total. The van der Waals surface area contributed by atoms with Gasteiger partial charge in [-0.15, -0.1) is 6.42 Å². The maximum atomic E-state index is 13.2. The minimum atomic E-state index is -0.788. The van der Waals surface area contributed by atoms with Crippen LogP contribution in [-0.4, -0.2) is 45.1 Å². The van der Waals surface area contributed by atoms with E-state index in [1.54, 1.807) is 18.5 Å². The lowest BCUT2D eigenvalue weighted by Crippen LogP contribution is -2.50. The Bertz CT molecular complexity index is 1180. The number of amides is 1. The highest BCUT2D eigenvalue weighted by molar-refractivity contribution is 5.88. The first-order valence-electron chi connectivity index (χ1n) is 12.1. The quantitative estimate of drug-likeness (QED) is 0.505. The number of terminal acetylenes is 1. The van der Waals surface area contributed by atoms with Gasteiger partial charge in [-0.2, -0.15) is 0 Å². The average Bonchev–Trinajstić information content (AvgIpc) is 3.45. The number of carbonyl (C=O) groups excluding carboxylic acids is 1. The minimum absolute atomic E-state index is 0.0188. The van der Waals surface area contributed by atoms with Crippen LogP contribution in [0.2, 0.25) is 0 Å². The second kappa shape index (κ2) is 9.86. The molecule has 0 bridgehead atoms. The summed E-state index contributed by atoms with van der Waals surface area (Å²) in [5.74, 6) is 3.48. The molecule has 2 fully saturated rings. The normalized spacial score (nSPS) is 20.1. The summed E-state index contributed by atoms with van der Waals surface area (Å²) in [7, 11) is 0. The zero-order valence-corrected chi connectivity index (χ0v) is 20.1. The van der Waals surface area contributed by atoms with E-state index in [-0.39, 0.29) is 17.2 Å². The van der Waals surface area contributed by atoms with Crippen LogP contribution < -0.4 is 10.2 Å². The van der Waals surface area contributed by atoms with Crippen LogP contribution in [0.1, 0.15) is 57.3 Å². The van der Waals surface area contributed by atoms with Gasteiger partial charge in [0.2, 0.25) is 5.91 Å². The Hall–Kier alpha value is -3.37. The SMILES string of the molecule is C#Cc1ccc(C(O)[C@@H](C)NC(=O)[C@H]2CCN(c3ncnc4[nH]ccc34)CC23CC3)cc1.CC. The summed E-state index contributed by atoms with van der Waals surface area (Å²) >= 11 is 0. The molecule has 34 heavy (non-hydrogen) atoms. The van der Waals surface area contributed by atoms with Crippen molar-refractivity contribution in [2.45, 2.75) is 52.2 Å². The van der Waals surface area contributed by atoms with Gasteiger partial charge >= 0.3 is 0 Å². The number of aromatic amines is 1. The van der Waals surface area contributed by atoms with Crippen LogP contribution in [0.3, 0.4) is 0 Å². The van der Waals surface area contributed by atoms with Gasteiger partial charge < -0.3 is 20.3 Å². The lowest BCUT2D eigenvalue weighted by molar-refractivity contribution is -0.129. The second-order valence-electron chi connectivity index (χ2n) is 9.07. The summed E-state index contributed by atoms with van der Waals surface area (Å²) in [5, 5.41) is 14.8. The smallest absolute Gasteiger partial charge is 0.224 e. The molecule has 3 atom stereocenters. The van der Waals surface area contributed by atoms with Crippen molar-refractivity contribution in [1.29, 1.82) is 0 Å². The Morgan fingerprint density at radius 3 is 2.68 bits per heavy atom. The fourth-order valence-corrected chi connectivity index (χ4v) is 5.00. The third-order valence-corrected chi connectivity index (χ3v) is 7.04. The summed E-state index contributed by atoms with van der Waals surface area (Å²) in [5.41, 5.74) is 2.32. The number of aliphatic hydroxyl groups is 1. The zero-order chi connectivity index (χ0) is 24.3. The number of carbonyl (C=O) groups is 1. The highest BCUT2D eigenvalue weighted by atomic mass is 16.3. The van der Waals surface area contributed by atoms with Crippen molar-refractivity contribution in [2.75, 3.05) is 18.0 Å². The number of piperidine rings is 1. The largest absolute Gasteiger partial charge is 0.386 e. The molecule has 1 saturated heterocycles. The molecule has 1 saturated carbocycles. The van der Waals surface area contributed by atoms with Crippen LogP contribution in [0, 0.1) is 23.7 Å². The van der Waals surface area contributed by atoms with Crippen LogP contribution in [0.25, 0.3) is 11.0 Å². The van der Waals surface area contributed by atoms with Crippen molar-refractivity contribution >= 4 is 22.8 Å². The van der Waals surface area contributed by atoms with Gasteiger partial charge in [-0.25, -0.2) is 9.97 Å². The van der Waals surface area contributed by atoms with E-state index in [1.165, 1.54) is 0 Å². The third-order valence-electron chi connectivity index (χ3n) is 7.04. The van der Waals surface area contributed by atoms with Gasteiger partial charge in [-0.3, -0.25) is 4.79 Å². The van der Waals surface area contributed by atoms with E-state index in [0.29, 0.717) is 0 Å². The number of hydrogen-bond acceptors (Lipinski definition) is 5. The first-order chi connectivity index (χ1) is 16.5. The number of H-pyrrole nitrogens is 1. The molecule has 1 spiro atoms. The van der Waals surface area contributed by atoms with Crippen LogP contribution in [-0.2, 0) is 4.79 Å². The van der Waals surface area contributed by atoms with Crippen LogP contribution >= 0.6 is 0 Å². The van der Waals surface area contributed by atoms with E-state index in [4.69, 9.17) is 6.42 Å². The van der Waals surface area contributed by atoms with Gasteiger partial charge in [0.05, 0.1) is 17.5 Å². The first kappa shape index (κ1) is 23.8. The zero-order valence-electron chi connectivity index (χ0n) is 20.1. The number of hydrogen-bond donors (Lipinski definition) is 3. The van der Waals surface area contributed by atoms with Gasteiger partial charge in [0.15, 0.2) is 0 Å². The molecule has 1 aliphatic heterocycles. The Labute approximate surface area is 201 Å². The van der Waals surface area contributed by atoms with Gasteiger partial charge in [0.25, 0.3) is 0 Å². The van der Waals surface area contributed by atoms with E-state index in [1.807, 2.05) is 45.2 Å². The molecule has 1 aromatic carbocycles. The summed E-state index contributed by atoms with van der Waals surface area (Å²) in [6.45, 7) is 7.42. The molecule has 178 valence electrons. The van der Waals surface area contributed by atoms with E-state index in [9.17, 15) is 9.90 Å². The maximum absolute atomic E-state index is 13.2. The van der Waals surface area contributed by atoms with Crippen molar-refractivity contribution in [3.05, 3.63) is 54.0 Å². The fourth-order valence-electron chi connectivity index (χ4n) is 5.00. The molecule has 3 heterocycles. The monoisotopic (exact) mass is 459 g/mol. The molecule has 2 aliphatic rings. The van der Waals surface area contributed by atoms with Crippen LogP contribution in [0.4, 0.5) is 5.82 Å². The lowest BCUT2D eigenvalue weighted by atomic mass is 9.81. The molecule has 1 aliphatic carbocycles. The molecular weight excluding hydrogens is 426 g/mol. The number of rotatable bonds is 5. The van der Waals surface area contributed by atoms with Gasteiger partial charge in [0.1, 0.15) is 17.8 Å². The lowest BCUT2D eigenvalue weighted by Gasteiger charge is -2.39. The van der Waals surface area contributed by atoms with Crippen molar-refractivity contribution < 1.29 is 9.90 Å². The number of nitrogens with one attached hydrogen (secondary N) is 2. The molecule has 1 amide bonds. The van der Waals surface area contributed by atoms with E-state index in [2.05, 4.69) is 31.1 Å². The maximum Gasteiger partial charge on any atom is 0.224 e. The van der Waals surface area contributed by atoms with Crippen LogP contribution in [0.15, 0.2) is 42.9 Å². The van der Waals surface area contributed by atoms with Crippen molar-refractivity contribution in [3.63, 3.8) is 0 Å². The summed E-state index contributed by atoms with van der Waals surface area (Å²) < 4.78 is 0. The third kappa shape index (κ3) is 4.51. The Balaban J connectivity index is 0.00000133. The highest BCUT2D eigenvalue weighted by Crippen LogP contribution is 2.56. The van der Waals surface area contributed by atoms with Crippen LogP contribution in [0.5, 0.6) is 0 Å². The number of nitrogens with zero attached hydrogens (tertiary/aromatic N) is 3. The highest BCUT2D eigenvalue weighted by Gasteiger charge is 2.55. The molecular formula is C27H33N5O2. The average molecular weight is 460 g/mol. The number of anilines is 1. The van der Waals surface area contributed by atoms with Crippen molar-refractivity contribution in [3.8, 4) is 12.3 Å². The van der Waals surface area contributed by atoms with Crippen molar-refractivity contribution in [1.82, 2.24) is 20.3 Å². The standard InChI is InChI=1S/C25H27N5O2.C2H6/c1-3-17-4-6-18(7-5-17)21(31)16(2)29-24(32)20-9-13-30(14-25(20)10-11-25)23-19-8-12-26-22(19)27-15-28-23;1-2/h1,4-8,12,15-16,20-21,31H,9-11,13-14H2,2H3,(H,29,32)(H,26,27,28);1-2H3/t16-,20-,21?;/m1./s1. The fraction of sp³-hybridized carbons (Fsp3) is 0.444. The van der Waals surface area contributed by atoms with Gasteiger partial charge in [-0.05, 0) is 55.4 Å². The Kier molecular flexibility index (Phi) is 6.90. The number of benzene rings is 1. The number of aromatic nitrogens is 3. The molecule has 7 nitrogen and oxygen atoms in total. The summed E-state index contributed by atoms with van der Waals surface area (Å²) in [6, 6.07) is 8.84. The van der Waals surface area contributed by atoms with Crippen molar-refractivity contribution in [2.24, 2.45) is 11.3 Å². The predicted molar refractivity (Wildman–Crippen MR) is 134 cm³/mol. The molecule has 5 rings (SSSR count). The van der Waals surface area contributed by atoms with Gasteiger partial charge in [-0.1, -0.05) is 31.9 Å². The molecule has 3 aromatic rings. The second-order valence-corrected chi connectivity index (χ2v) is 9.07. The van der Waals surface area contributed by atoms with E-state index in [0.717, 1.165) is 60.3 Å². The van der Waals surface area contributed by atoms with Gasteiger partial charge in [0, 0.05) is 30.8 Å². The molecule has 7 heteroatoms. The number of fused-ring (bicyclic) bond motifs is 1. The Morgan fingerprint density at radius 2 is 2.00 bits per heavy atom. The predicted octanol–water partition coefficient (Wildman–Crippen LogP) is 3.81. The summed E-state index contributed by atoms with van der Waals surface area (Å²) in [4.78, 5) is 27.5. The minimum Gasteiger partial charge on any atom is -0.386 e. The first-order valence-corrected chi connectivity index (χ1v) is 12.1.